The van der Waals surface area contributed by atoms with Crippen molar-refractivity contribution in [3.63, 3.8) is 0 Å². The Bertz CT molecular complexity index is 1800. The molecule has 0 aromatic heterocycles. The lowest BCUT2D eigenvalue weighted by Crippen LogP contribution is -2.41. The van der Waals surface area contributed by atoms with E-state index in [1.807, 2.05) is 0 Å². The van der Waals surface area contributed by atoms with Crippen molar-refractivity contribution in [1.29, 1.82) is 0 Å². The fraction of sp³-hybridized carbons (Fsp3) is 0.273. The summed E-state index contributed by atoms with van der Waals surface area (Å²) in [5.41, 5.74) is 2.32. The van der Waals surface area contributed by atoms with Crippen molar-refractivity contribution in [3.8, 4) is 23.0 Å². The monoisotopic (exact) mass is 796 g/mol. The topological polar surface area (TPSA) is 161 Å². The fourth-order valence-corrected chi connectivity index (χ4v) is 5.07. The summed E-state index contributed by atoms with van der Waals surface area (Å²) in [6.45, 7) is 8.85. The molecule has 1 aliphatic heterocycles. The molecule has 58 heavy (non-hydrogen) atoms. The van der Waals surface area contributed by atoms with Crippen molar-refractivity contribution in [3.05, 3.63) is 145 Å². The van der Waals surface area contributed by atoms with E-state index in [2.05, 4.69) is 13.2 Å². The molecule has 14 heteroatoms. The number of hydrogen-bond acceptors (Lipinski definition) is 14. The van der Waals surface area contributed by atoms with Gasteiger partial charge in [-0.25, -0.2) is 19.2 Å². The molecule has 0 N–H and O–H groups in total. The summed E-state index contributed by atoms with van der Waals surface area (Å²) in [6.07, 6.45) is 1.66. The minimum Gasteiger partial charge on any atom is -0.493 e. The Kier molecular flexibility index (Phi) is 17.0. The number of ether oxygens (including phenoxy) is 10. The van der Waals surface area contributed by atoms with Crippen LogP contribution in [0.15, 0.2) is 122 Å². The Balaban J connectivity index is 0.999. The second-order valence-corrected chi connectivity index (χ2v) is 12.4. The van der Waals surface area contributed by atoms with Gasteiger partial charge in [-0.2, -0.15) is 0 Å². The smallest absolute Gasteiger partial charge is 0.343 e. The maximum Gasteiger partial charge on any atom is 0.343 e. The van der Waals surface area contributed by atoms with E-state index < -0.39 is 36.5 Å². The van der Waals surface area contributed by atoms with Gasteiger partial charge in [0.25, 0.3) is 0 Å². The van der Waals surface area contributed by atoms with Gasteiger partial charge in [0.2, 0.25) is 12.6 Å². The van der Waals surface area contributed by atoms with E-state index in [-0.39, 0.29) is 26.4 Å². The van der Waals surface area contributed by atoms with E-state index in [4.69, 9.17) is 47.4 Å². The van der Waals surface area contributed by atoms with Crippen molar-refractivity contribution in [1.82, 2.24) is 0 Å². The standard InChI is InChI=1S/C44H44O14/c1-3-39(45)51-25-5-23-49-35-19-11-33(12-20-35)41(47)57-37-15-7-31(8-16-37)29-55-43-44(54-28-27-53-43)56-30-32-9-17-38(18-10-32)58-42(48)34-13-21-36(22-14-34)50-24-6-26-52-40(46)4-2/h3-4,7-22,43-44H,1-2,5-6,23-30H2/t43-,44-/m0/s1. The van der Waals surface area contributed by atoms with Crippen LogP contribution in [0.2, 0.25) is 0 Å². The second kappa shape index (κ2) is 23.0. The van der Waals surface area contributed by atoms with Gasteiger partial charge >= 0.3 is 23.9 Å². The van der Waals surface area contributed by atoms with Gasteiger partial charge in [-0.1, -0.05) is 37.4 Å². The lowest BCUT2D eigenvalue weighted by molar-refractivity contribution is -0.326. The molecule has 1 heterocycles. The Hall–Kier alpha value is -6.32. The van der Waals surface area contributed by atoms with Crippen LogP contribution in [0, 0.1) is 0 Å². The number of carbonyl (C=O) groups is 4. The summed E-state index contributed by atoms with van der Waals surface area (Å²) < 4.78 is 55.6. The van der Waals surface area contributed by atoms with Crippen molar-refractivity contribution >= 4 is 23.9 Å². The van der Waals surface area contributed by atoms with E-state index in [1.165, 1.54) is 0 Å². The van der Waals surface area contributed by atoms with Gasteiger partial charge in [0.15, 0.2) is 0 Å². The maximum absolute atomic E-state index is 12.7. The minimum atomic E-state index is -0.785. The summed E-state index contributed by atoms with van der Waals surface area (Å²) in [4.78, 5) is 47.5. The van der Waals surface area contributed by atoms with Gasteiger partial charge in [-0.05, 0) is 83.9 Å². The Morgan fingerprint density at radius 1 is 0.517 bits per heavy atom. The molecule has 1 saturated heterocycles. The number of carbonyl (C=O) groups excluding carboxylic acids is 4. The molecule has 14 nitrogen and oxygen atoms in total. The Labute approximate surface area is 335 Å². The van der Waals surface area contributed by atoms with E-state index in [9.17, 15) is 19.2 Å². The lowest BCUT2D eigenvalue weighted by Gasteiger charge is -2.31. The fourth-order valence-electron chi connectivity index (χ4n) is 5.07. The first kappa shape index (κ1) is 42.8. The highest BCUT2D eigenvalue weighted by atomic mass is 16.8. The maximum atomic E-state index is 12.7. The van der Waals surface area contributed by atoms with Crippen molar-refractivity contribution in [2.75, 3.05) is 39.6 Å². The van der Waals surface area contributed by atoms with E-state index in [0.717, 1.165) is 23.3 Å². The Morgan fingerprint density at radius 2 is 0.879 bits per heavy atom. The van der Waals surface area contributed by atoms with Gasteiger partial charge in [-0.15, -0.1) is 0 Å². The molecule has 0 bridgehead atoms. The first-order valence-electron chi connectivity index (χ1n) is 18.4. The molecular weight excluding hydrogens is 752 g/mol. The molecule has 0 amide bonds. The molecule has 4 aromatic rings. The highest BCUT2D eigenvalue weighted by Gasteiger charge is 2.29. The van der Waals surface area contributed by atoms with Gasteiger partial charge in [0, 0.05) is 25.0 Å². The molecule has 1 fully saturated rings. The summed E-state index contributed by atoms with van der Waals surface area (Å²) in [5.74, 6) is -0.151. The van der Waals surface area contributed by atoms with Gasteiger partial charge in [0.05, 0.1) is 64.0 Å². The largest absolute Gasteiger partial charge is 0.493 e. The average Bonchev–Trinajstić information content (AvgIpc) is 3.26. The number of benzene rings is 4. The molecule has 0 saturated carbocycles. The predicted octanol–water partition coefficient (Wildman–Crippen LogP) is 6.55. The quantitative estimate of drug-likeness (QED) is 0.0364. The number of hydrogen-bond donors (Lipinski definition) is 0. The van der Waals surface area contributed by atoms with E-state index in [1.54, 1.807) is 97.1 Å². The van der Waals surface area contributed by atoms with Crippen LogP contribution in [0.4, 0.5) is 0 Å². The van der Waals surface area contributed by atoms with Gasteiger partial charge in [-0.3, -0.25) is 0 Å². The van der Waals surface area contributed by atoms with Crippen LogP contribution in [-0.2, 0) is 51.2 Å². The summed E-state index contributed by atoms with van der Waals surface area (Å²) in [7, 11) is 0. The second-order valence-electron chi connectivity index (χ2n) is 12.4. The first-order valence-corrected chi connectivity index (χ1v) is 18.4. The lowest BCUT2D eigenvalue weighted by atomic mass is 10.2. The van der Waals surface area contributed by atoms with Crippen molar-refractivity contribution < 1.29 is 66.5 Å². The van der Waals surface area contributed by atoms with Crippen LogP contribution in [0.25, 0.3) is 0 Å². The molecule has 4 aromatic carbocycles. The molecule has 5 rings (SSSR count). The van der Waals surface area contributed by atoms with Gasteiger partial charge in [0.1, 0.15) is 23.0 Å². The molecule has 1 aliphatic rings. The SMILES string of the molecule is C=CC(=O)OCCCOc1ccc(C(=O)Oc2ccc(CO[C@@H]3OCCO[C@H]3OCc3ccc(OC(=O)c4ccc(OCCCOC(=O)C=C)cc4)cc3)cc2)cc1. The first-order chi connectivity index (χ1) is 28.3. The van der Waals surface area contributed by atoms with Crippen LogP contribution in [-0.4, -0.2) is 76.1 Å². The summed E-state index contributed by atoms with van der Waals surface area (Å²) >= 11 is 0. The predicted molar refractivity (Wildman–Crippen MR) is 207 cm³/mol. The molecule has 0 aliphatic carbocycles. The van der Waals surface area contributed by atoms with Crippen LogP contribution in [0.1, 0.15) is 44.7 Å². The Morgan fingerprint density at radius 3 is 1.24 bits per heavy atom. The summed E-state index contributed by atoms with van der Waals surface area (Å²) in [6, 6.07) is 26.9. The molecular formula is C44H44O14. The zero-order valence-corrected chi connectivity index (χ0v) is 31.7. The summed E-state index contributed by atoms with van der Waals surface area (Å²) in [5, 5.41) is 0. The molecule has 0 unspecified atom stereocenters. The van der Waals surface area contributed by atoms with E-state index in [0.29, 0.717) is 73.4 Å². The third-order valence-electron chi connectivity index (χ3n) is 8.08. The molecule has 0 spiro atoms. The van der Waals surface area contributed by atoms with Gasteiger partial charge < -0.3 is 47.4 Å². The normalized spacial score (nSPS) is 14.7. The average molecular weight is 797 g/mol. The minimum absolute atomic E-state index is 0.186. The molecule has 2 atom stereocenters. The third kappa shape index (κ3) is 14.3. The third-order valence-corrected chi connectivity index (χ3v) is 8.08. The highest BCUT2D eigenvalue weighted by Crippen LogP contribution is 2.22. The number of esters is 4. The zero-order valence-electron chi connectivity index (χ0n) is 31.7. The van der Waals surface area contributed by atoms with Crippen LogP contribution in [0.5, 0.6) is 23.0 Å². The van der Waals surface area contributed by atoms with Crippen LogP contribution in [0.3, 0.4) is 0 Å². The zero-order chi connectivity index (χ0) is 41.0. The van der Waals surface area contributed by atoms with Crippen LogP contribution < -0.4 is 18.9 Å². The van der Waals surface area contributed by atoms with Crippen molar-refractivity contribution in [2.45, 2.75) is 38.6 Å². The molecule has 0 radical (unpaired) electrons. The molecule has 304 valence electrons. The van der Waals surface area contributed by atoms with E-state index >= 15 is 0 Å². The van der Waals surface area contributed by atoms with Crippen molar-refractivity contribution in [2.24, 2.45) is 0 Å². The van der Waals surface area contributed by atoms with Crippen LogP contribution >= 0.6 is 0 Å². The number of rotatable bonds is 22. The highest BCUT2D eigenvalue weighted by molar-refractivity contribution is 5.91.